The third-order valence-corrected chi connectivity index (χ3v) is 5.57. The lowest BCUT2D eigenvalue weighted by atomic mass is 10.1. The molecule has 26 heavy (non-hydrogen) atoms. The van der Waals surface area contributed by atoms with Gasteiger partial charge in [0, 0.05) is 13.1 Å². The van der Waals surface area contributed by atoms with Crippen molar-refractivity contribution >= 4 is 28.6 Å². The van der Waals surface area contributed by atoms with Gasteiger partial charge in [-0.05, 0) is 25.3 Å². The summed E-state index contributed by atoms with van der Waals surface area (Å²) in [5.41, 5.74) is 1.31. The number of H-pyrrole nitrogens is 1. The van der Waals surface area contributed by atoms with E-state index in [1.807, 2.05) is 6.07 Å². The highest BCUT2D eigenvalue weighted by molar-refractivity contribution is 6.33. The molecule has 9 heteroatoms. The number of piperidine rings is 1. The van der Waals surface area contributed by atoms with Gasteiger partial charge in [-0.2, -0.15) is 4.98 Å². The molecule has 2 N–H and O–H groups in total. The van der Waals surface area contributed by atoms with Crippen molar-refractivity contribution in [3.05, 3.63) is 11.1 Å². The summed E-state index contributed by atoms with van der Waals surface area (Å²) in [6.07, 6.45) is 2.04. The first-order valence-electron chi connectivity index (χ1n) is 9.08. The van der Waals surface area contributed by atoms with Crippen LogP contribution in [0.25, 0.3) is 11.2 Å². The van der Waals surface area contributed by atoms with Crippen LogP contribution in [0.15, 0.2) is 6.07 Å². The summed E-state index contributed by atoms with van der Waals surface area (Å²) in [7, 11) is 0. The van der Waals surface area contributed by atoms with Gasteiger partial charge in [0.15, 0.2) is 11.8 Å². The van der Waals surface area contributed by atoms with Crippen LogP contribution in [0, 0.1) is 0 Å². The standard InChI is InChI=1S/C17H21ClN4O4/c18-9-6-10-15(20-16(9)22-4-2-1-3-5-22)21-17(19-10)26-12-8-25-13-11(23)7-24-14(12)13/h6,11-14,23H,1-5,7-8H2,(H,19,20,21)/t11-,12-,13-,14-/m1/s1. The van der Waals surface area contributed by atoms with Crippen molar-refractivity contribution in [2.45, 2.75) is 43.7 Å². The van der Waals surface area contributed by atoms with Gasteiger partial charge in [0.25, 0.3) is 6.01 Å². The number of aromatic amines is 1. The van der Waals surface area contributed by atoms with Crippen molar-refractivity contribution < 1.29 is 19.3 Å². The molecule has 0 radical (unpaired) electrons. The van der Waals surface area contributed by atoms with E-state index in [0.29, 0.717) is 23.3 Å². The zero-order chi connectivity index (χ0) is 17.7. The van der Waals surface area contributed by atoms with E-state index >= 15 is 0 Å². The monoisotopic (exact) mass is 380 g/mol. The van der Waals surface area contributed by atoms with Crippen LogP contribution in [0.1, 0.15) is 19.3 Å². The van der Waals surface area contributed by atoms with Gasteiger partial charge in [-0.3, -0.25) is 0 Å². The van der Waals surface area contributed by atoms with Gasteiger partial charge >= 0.3 is 0 Å². The third kappa shape index (κ3) is 2.81. The largest absolute Gasteiger partial charge is 0.456 e. The maximum atomic E-state index is 9.82. The number of aliphatic hydroxyl groups is 1. The average Bonchev–Trinajstić information content (AvgIpc) is 3.32. The SMILES string of the molecule is O[C@@H]1CO[C@H]2[C@@H]1OC[C@H]2Oc1nc2nc(N3CCCCC3)c(Cl)cc2[nH]1. The number of imidazole rings is 1. The molecule has 2 aromatic heterocycles. The number of nitrogens with one attached hydrogen (secondary N) is 1. The maximum Gasteiger partial charge on any atom is 0.296 e. The van der Waals surface area contributed by atoms with E-state index in [4.69, 9.17) is 25.8 Å². The van der Waals surface area contributed by atoms with Crippen LogP contribution in [0.3, 0.4) is 0 Å². The third-order valence-electron chi connectivity index (χ3n) is 5.29. The Morgan fingerprint density at radius 2 is 1.96 bits per heavy atom. The lowest BCUT2D eigenvalue weighted by molar-refractivity contribution is 0.00706. The van der Waals surface area contributed by atoms with Gasteiger partial charge in [-0.15, -0.1) is 0 Å². The van der Waals surface area contributed by atoms with Crippen LogP contribution in [0.2, 0.25) is 5.02 Å². The molecule has 5 heterocycles. The Balaban J connectivity index is 1.38. The average molecular weight is 381 g/mol. The Morgan fingerprint density at radius 1 is 1.15 bits per heavy atom. The number of hydrogen-bond donors (Lipinski definition) is 2. The van der Waals surface area contributed by atoms with Crippen molar-refractivity contribution in [2.75, 3.05) is 31.2 Å². The summed E-state index contributed by atoms with van der Waals surface area (Å²) in [6.45, 7) is 2.56. The first-order valence-corrected chi connectivity index (χ1v) is 9.46. The number of aromatic nitrogens is 3. The Bertz CT molecular complexity index is 809. The minimum absolute atomic E-state index is 0.270. The minimum atomic E-state index is -0.600. The number of aliphatic hydroxyl groups excluding tert-OH is 1. The quantitative estimate of drug-likeness (QED) is 0.833. The predicted octanol–water partition coefficient (Wildman–Crippen LogP) is 1.51. The van der Waals surface area contributed by atoms with E-state index in [9.17, 15) is 5.11 Å². The molecule has 5 rings (SSSR count). The number of hydrogen-bond acceptors (Lipinski definition) is 7. The van der Waals surface area contributed by atoms with Crippen LogP contribution in [0.4, 0.5) is 5.82 Å². The fraction of sp³-hybridized carbons (Fsp3) is 0.647. The molecule has 3 saturated heterocycles. The van der Waals surface area contributed by atoms with Crippen molar-refractivity contribution in [1.29, 1.82) is 0 Å². The topological polar surface area (TPSA) is 92.7 Å². The summed E-state index contributed by atoms with van der Waals surface area (Å²) >= 11 is 6.44. The molecule has 0 aliphatic carbocycles. The van der Waals surface area contributed by atoms with Crippen molar-refractivity contribution in [3.8, 4) is 6.01 Å². The van der Waals surface area contributed by atoms with Crippen molar-refractivity contribution in [3.63, 3.8) is 0 Å². The Morgan fingerprint density at radius 3 is 2.81 bits per heavy atom. The molecule has 4 atom stereocenters. The van der Waals surface area contributed by atoms with Crippen molar-refractivity contribution in [2.24, 2.45) is 0 Å². The minimum Gasteiger partial charge on any atom is -0.456 e. The number of anilines is 1. The van der Waals surface area contributed by atoms with Gasteiger partial charge in [-0.1, -0.05) is 11.6 Å². The molecular weight excluding hydrogens is 360 g/mol. The van der Waals surface area contributed by atoms with Crippen molar-refractivity contribution in [1.82, 2.24) is 15.0 Å². The normalized spacial score (nSPS) is 31.5. The van der Waals surface area contributed by atoms with Gasteiger partial charge in [0.2, 0.25) is 0 Å². The fourth-order valence-electron chi connectivity index (χ4n) is 3.96. The number of fused-ring (bicyclic) bond motifs is 2. The molecule has 0 unspecified atom stereocenters. The van der Waals surface area contributed by atoms with Crippen LogP contribution in [-0.4, -0.2) is 70.8 Å². The molecule has 140 valence electrons. The summed E-state index contributed by atoms with van der Waals surface area (Å²) in [5, 5.41) is 10.4. The zero-order valence-corrected chi connectivity index (χ0v) is 15.0. The van der Waals surface area contributed by atoms with E-state index in [0.717, 1.165) is 37.3 Å². The molecule has 2 aromatic rings. The summed E-state index contributed by atoms with van der Waals surface area (Å²) in [6, 6.07) is 2.20. The Kier molecular flexibility index (Phi) is 4.16. The Labute approximate surface area is 155 Å². The van der Waals surface area contributed by atoms with Gasteiger partial charge in [0.05, 0.1) is 23.8 Å². The molecule has 0 amide bonds. The summed E-state index contributed by atoms with van der Waals surface area (Å²) in [4.78, 5) is 14.4. The molecule has 8 nitrogen and oxygen atoms in total. The first kappa shape index (κ1) is 16.6. The lowest BCUT2D eigenvalue weighted by Gasteiger charge is -2.28. The van der Waals surface area contributed by atoms with Gasteiger partial charge in [-0.25, -0.2) is 4.98 Å². The van der Waals surface area contributed by atoms with Crippen LogP contribution in [-0.2, 0) is 9.47 Å². The molecule has 0 bridgehead atoms. The highest BCUT2D eigenvalue weighted by Crippen LogP contribution is 2.32. The molecule has 0 aromatic carbocycles. The van der Waals surface area contributed by atoms with Crippen LogP contribution >= 0.6 is 11.6 Å². The number of pyridine rings is 1. The number of rotatable bonds is 3. The fourth-order valence-corrected chi connectivity index (χ4v) is 4.23. The second-order valence-electron chi connectivity index (χ2n) is 7.07. The van der Waals surface area contributed by atoms with Gasteiger partial charge in [0.1, 0.15) is 24.1 Å². The molecule has 0 saturated carbocycles. The van der Waals surface area contributed by atoms with Crippen LogP contribution < -0.4 is 9.64 Å². The predicted molar refractivity (Wildman–Crippen MR) is 94.9 cm³/mol. The second-order valence-corrected chi connectivity index (χ2v) is 7.48. The zero-order valence-electron chi connectivity index (χ0n) is 14.2. The molecule has 3 aliphatic rings. The summed E-state index contributed by atoms with van der Waals surface area (Å²) in [5.74, 6) is 0.781. The number of nitrogens with zero attached hydrogens (tertiary/aromatic N) is 3. The lowest BCUT2D eigenvalue weighted by Crippen LogP contribution is -2.34. The Hall–Kier alpha value is -1.61. The van der Waals surface area contributed by atoms with E-state index in [2.05, 4.69) is 19.9 Å². The van der Waals surface area contributed by atoms with Crippen LogP contribution in [0.5, 0.6) is 6.01 Å². The van der Waals surface area contributed by atoms with E-state index < -0.39 is 6.10 Å². The number of ether oxygens (including phenoxy) is 3. The maximum absolute atomic E-state index is 9.82. The summed E-state index contributed by atoms with van der Waals surface area (Å²) < 4.78 is 17.1. The smallest absolute Gasteiger partial charge is 0.296 e. The van der Waals surface area contributed by atoms with E-state index in [-0.39, 0.29) is 24.9 Å². The highest BCUT2D eigenvalue weighted by Gasteiger charge is 2.48. The number of halogens is 1. The molecule has 3 fully saturated rings. The van der Waals surface area contributed by atoms with Gasteiger partial charge < -0.3 is 29.2 Å². The van der Waals surface area contributed by atoms with E-state index in [1.165, 1.54) is 6.42 Å². The second kappa shape index (κ2) is 6.53. The molecule has 3 aliphatic heterocycles. The van der Waals surface area contributed by atoms with E-state index in [1.54, 1.807) is 0 Å². The molecule has 0 spiro atoms. The molecular formula is C17H21ClN4O4. The highest BCUT2D eigenvalue weighted by atomic mass is 35.5. The first-order chi connectivity index (χ1) is 12.7.